The minimum absolute atomic E-state index is 0.249. The van der Waals surface area contributed by atoms with Gasteiger partial charge in [-0.05, 0) is 34.6 Å². The van der Waals surface area contributed by atoms with Gasteiger partial charge in [-0.25, -0.2) is 73.5 Å². The van der Waals surface area contributed by atoms with Crippen molar-refractivity contribution in [2.24, 2.45) is 0 Å². The van der Waals surface area contributed by atoms with Crippen molar-refractivity contribution < 1.29 is 92.4 Å². The van der Waals surface area contributed by atoms with Crippen LogP contribution in [0.15, 0.2) is 30.3 Å². The predicted octanol–water partition coefficient (Wildman–Crippen LogP) is 4.44. The van der Waals surface area contributed by atoms with Crippen molar-refractivity contribution in [3.63, 3.8) is 0 Å². The summed E-state index contributed by atoms with van der Waals surface area (Å²) in [6.45, 7) is -4.76. The topological polar surface area (TPSA) is 199 Å². The van der Waals surface area contributed by atoms with Gasteiger partial charge in [0.25, 0.3) is 22.7 Å². The summed E-state index contributed by atoms with van der Waals surface area (Å²) in [4.78, 5) is 123. The molecule has 0 spiro atoms. The highest BCUT2D eigenvalue weighted by Crippen LogP contribution is 2.62. The van der Waals surface area contributed by atoms with Crippen LogP contribution in [-0.4, -0.2) is 150 Å². The number of ether oxygens (including phenoxy) is 4. The van der Waals surface area contributed by atoms with Gasteiger partial charge in [0.05, 0.1) is 52.6 Å². The van der Waals surface area contributed by atoms with Gasteiger partial charge in [-0.15, -0.1) is 0 Å². The maximum absolute atomic E-state index is 15.9. The molecule has 73 heavy (non-hydrogen) atoms. The number of hydrogen-bond donors (Lipinski definition) is 0. The average molecular weight is 1040 g/mol. The Morgan fingerprint density at radius 1 is 0.397 bits per heavy atom. The van der Waals surface area contributed by atoms with Gasteiger partial charge in [-0.1, -0.05) is 35.9 Å². The number of nitrogens with zero attached hydrogens (tertiary/aromatic N) is 8. The zero-order valence-corrected chi connectivity index (χ0v) is 39.0. The van der Waals surface area contributed by atoms with Gasteiger partial charge in [0.15, 0.2) is 46.5 Å². The Balaban J connectivity index is 0.000000865. The summed E-state index contributed by atoms with van der Waals surface area (Å²) in [6, 6.07) is 3.43. The first-order chi connectivity index (χ1) is 34.6. The fourth-order valence-corrected chi connectivity index (χ4v) is 11.1. The second-order valence-electron chi connectivity index (χ2n) is 17.1. The molecule has 7 aliphatic rings. The van der Waals surface area contributed by atoms with Crippen LogP contribution in [0, 0.1) is 53.5 Å². The lowest BCUT2D eigenvalue weighted by Gasteiger charge is -2.51. The highest BCUT2D eigenvalue weighted by molar-refractivity contribution is 6.12. The van der Waals surface area contributed by atoms with Gasteiger partial charge in [-0.3, -0.25) is 39.2 Å². The number of carbonyl (C=O) groups excluding carboxylic acids is 8. The Morgan fingerprint density at radius 3 is 0.808 bits per heavy atom. The molecule has 7 heterocycles. The number of benzene rings is 3. The molecule has 0 radical (unpaired) electrons. The van der Waals surface area contributed by atoms with Crippen molar-refractivity contribution in [1.82, 2.24) is 39.2 Å². The van der Waals surface area contributed by atoms with Gasteiger partial charge in [0, 0.05) is 22.3 Å². The van der Waals surface area contributed by atoms with E-state index in [-0.39, 0.29) is 39.2 Å². The van der Waals surface area contributed by atoms with Crippen LogP contribution in [0.25, 0.3) is 0 Å². The van der Waals surface area contributed by atoms with E-state index in [0.717, 1.165) is 0 Å². The van der Waals surface area contributed by atoms with E-state index in [1.54, 1.807) is 0 Å². The Bertz CT molecular complexity index is 2680. The molecule has 3 aromatic rings. The molecule has 0 saturated carbocycles. The Hall–Kier alpha value is -7.94. The molecular formula is C45H40F8N8O12. The van der Waals surface area contributed by atoms with E-state index in [1.807, 2.05) is 18.2 Å². The molecule has 0 unspecified atom stereocenters. The molecule has 0 atom stereocenters. The summed E-state index contributed by atoms with van der Waals surface area (Å²) in [6.07, 6.45) is 0. The lowest BCUT2D eigenvalue weighted by molar-refractivity contribution is -0.209. The van der Waals surface area contributed by atoms with Crippen LogP contribution in [0.2, 0.25) is 0 Å². The van der Waals surface area contributed by atoms with Gasteiger partial charge < -0.3 is 18.9 Å². The molecule has 7 aliphatic heterocycles. The summed E-state index contributed by atoms with van der Waals surface area (Å²) in [7, 11) is 0. The summed E-state index contributed by atoms with van der Waals surface area (Å²) >= 11 is 0. The zero-order valence-electron chi connectivity index (χ0n) is 39.0. The van der Waals surface area contributed by atoms with E-state index >= 15 is 46.3 Å². The van der Waals surface area contributed by atoms with Crippen LogP contribution in [0.1, 0.15) is 55.5 Å². The first kappa shape index (κ1) is 50.0. The van der Waals surface area contributed by atoms with Gasteiger partial charge in [0.2, 0.25) is 0 Å². The van der Waals surface area contributed by atoms with Crippen LogP contribution >= 0.6 is 0 Å². The number of halogens is 8. The van der Waals surface area contributed by atoms with Crippen LogP contribution in [0.4, 0.5) is 54.3 Å². The molecule has 5 saturated heterocycles. The van der Waals surface area contributed by atoms with Crippen LogP contribution in [-0.2, 0) is 64.3 Å². The highest BCUT2D eigenvalue weighted by atomic mass is 19.2. The Morgan fingerprint density at radius 2 is 0.616 bits per heavy atom. The van der Waals surface area contributed by atoms with Crippen LogP contribution < -0.4 is 0 Å². The summed E-state index contributed by atoms with van der Waals surface area (Å²) in [5, 5.41) is 0. The molecule has 3 aromatic carbocycles. The summed E-state index contributed by atoms with van der Waals surface area (Å²) in [5.74, 6) is -24.9. The van der Waals surface area contributed by atoms with E-state index in [9.17, 15) is 27.2 Å². The lowest BCUT2D eigenvalue weighted by Crippen LogP contribution is -2.81. The first-order valence-corrected chi connectivity index (χ1v) is 22.4. The predicted molar refractivity (Wildman–Crippen MR) is 222 cm³/mol. The molecule has 0 N–H and O–H groups in total. The molecular weight excluding hydrogens is 997 g/mol. The van der Waals surface area contributed by atoms with E-state index < -0.39 is 205 Å². The normalized spacial score (nSPS) is 25.0. The lowest BCUT2D eigenvalue weighted by atomic mass is 9.88. The minimum Gasteiger partial charge on any atom is -0.463 e. The number of hydrogen-bond acceptors (Lipinski definition) is 12. The number of urea groups is 4. The fourth-order valence-electron chi connectivity index (χ4n) is 11.1. The second-order valence-corrected chi connectivity index (χ2v) is 17.1. The molecule has 28 heteroatoms. The Kier molecular flexibility index (Phi) is 11.7. The highest BCUT2D eigenvalue weighted by Gasteiger charge is 2.93. The van der Waals surface area contributed by atoms with E-state index in [1.165, 1.54) is 33.3 Å². The molecule has 20 nitrogen and oxygen atoms in total. The largest absolute Gasteiger partial charge is 0.463 e. The van der Waals surface area contributed by atoms with Crippen molar-refractivity contribution >= 4 is 48.0 Å². The maximum Gasteiger partial charge on any atom is 0.359 e. The minimum atomic E-state index is -3.47. The number of carbonyl (C=O) groups is 8. The maximum atomic E-state index is 15.9. The van der Waals surface area contributed by atoms with Crippen molar-refractivity contribution in [2.45, 2.75) is 83.4 Å². The molecule has 0 aromatic heterocycles. The molecule has 0 aliphatic carbocycles. The van der Waals surface area contributed by atoms with Crippen LogP contribution in [0.5, 0.6) is 0 Å². The van der Waals surface area contributed by atoms with Gasteiger partial charge in [0.1, 0.15) is 13.3 Å². The van der Waals surface area contributed by atoms with E-state index in [2.05, 4.69) is 19.1 Å². The van der Waals surface area contributed by atoms with Crippen molar-refractivity contribution in [3.8, 4) is 0 Å². The third-order valence-corrected chi connectivity index (χ3v) is 13.9. The number of aryl methyl sites for hydroxylation is 1. The average Bonchev–Trinajstić information content (AvgIpc) is 3.73. The molecule has 0 bridgehead atoms. The SMILES string of the molecule is CCOC(=O)C12N3Cc4c(F)c(F)c(F)c(F)c4CN1C(=O)N1CN4C(=O)N5Cc6c(F)c(F)c(F)c(F)c6CN6C(=O)N(CN(C3=O)C12C(=O)OCC)C4(C(=O)OCC)C65C(=O)OCC.Cc1ccccc1. The zero-order chi connectivity index (χ0) is 53.2. The van der Waals surface area contributed by atoms with Gasteiger partial charge in [-0.2, -0.15) is 0 Å². The van der Waals surface area contributed by atoms with Crippen LogP contribution in [0.3, 0.4) is 0 Å². The van der Waals surface area contributed by atoms with Gasteiger partial charge >= 0.3 is 48.0 Å². The van der Waals surface area contributed by atoms with Crippen molar-refractivity contribution in [1.29, 1.82) is 0 Å². The van der Waals surface area contributed by atoms with E-state index in [0.29, 0.717) is 0 Å². The number of esters is 4. The quantitative estimate of drug-likeness (QED) is 0.101. The second kappa shape index (κ2) is 17.1. The third kappa shape index (κ3) is 5.81. The summed E-state index contributed by atoms with van der Waals surface area (Å²) in [5.41, 5.74) is -17.0. The monoisotopic (exact) mass is 1040 g/mol. The molecule has 10 rings (SSSR count). The number of amides is 8. The first-order valence-electron chi connectivity index (χ1n) is 22.4. The molecule has 388 valence electrons. The molecule has 8 amide bonds. The summed E-state index contributed by atoms with van der Waals surface area (Å²) < 4.78 is 145. The third-order valence-electron chi connectivity index (χ3n) is 13.9. The van der Waals surface area contributed by atoms with Crippen molar-refractivity contribution in [2.75, 3.05) is 39.8 Å². The Labute approximate surface area is 407 Å². The number of rotatable bonds is 8. The molecule has 5 fully saturated rings. The standard InChI is InChI=1S/C38H32F8N8O12.C7H8/c1-5-63-27(55)35-37(29(57)65-7-3)51-13-53-33(61)49-11-17-18(22(42)26(46)25(45)21(17)41)12-50-34(62)54(38(53,30(58)66-8-4)36(49,50)28(56)64-6-2)14-52(37)32(60)48(35)10-16-15(9-47(35)31(51)59)19(39)23(43)24(44)20(16)40;1-7-5-3-2-4-6-7/h5-14H2,1-4H3;2-6H,1H3. The number of fused-ring (bicyclic) bond motifs is 2. The smallest absolute Gasteiger partial charge is 0.359 e. The fraction of sp³-hybridized carbons (Fsp3) is 0.422. The van der Waals surface area contributed by atoms with E-state index in [4.69, 9.17) is 18.9 Å². The van der Waals surface area contributed by atoms with Crippen molar-refractivity contribution in [3.05, 3.63) is 105 Å².